The van der Waals surface area contributed by atoms with E-state index in [1.807, 2.05) is 30.3 Å². The van der Waals surface area contributed by atoms with E-state index in [0.717, 1.165) is 24.9 Å². The predicted octanol–water partition coefficient (Wildman–Crippen LogP) is 2.33. The van der Waals surface area contributed by atoms with Crippen LogP contribution in [0.3, 0.4) is 0 Å². The molecular weight excluding hydrogens is 254 g/mol. The summed E-state index contributed by atoms with van der Waals surface area (Å²) in [6.45, 7) is 4.43. The molecule has 1 aromatic carbocycles. The van der Waals surface area contributed by atoms with Crippen LogP contribution in [0, 0.1) is 0 Å². The average molecular weight is 275 g/mol. The maximum atomic E-state index is 9.09. The second-order valence-corrected chi connectivity index (χ2v) is 4.72. The Kier molecular flexibility index (Phi) is 5.70. The predicted molar refractivity (Wildman–Crippen MR) is 77.0 cm³/mol. The number of hydrogen-bond donors (Lipinski definition) is 1. The minimum absolute atomic E-state index is 0.142. The number of aliphatic hydroxyl groups excluding tert-OH is 1. The fourth-order valence-electron chi connectivity index (χ4n) is 2.00. The molecule has 0 unspecified atom stereocenters. The minimum atomic E-state index is 0.142. The highest BCUT2D eigenvalue weighted by molar-refractivity contribution is 5.51. The van der Waals surface area contributed by atoms with Crippen LogP contribution < -0.4 is 0 Å². The van der Waals surface area contributed by atoms with E-state index in [9.17, 15) is 0 Å². The average Bonchev–Trinajstić information content (AvgIpc) is 2.94. The summed E-state index contributed by atoms with van der Waals surface area (Å²) >= 11 is 0. The molecule has 0 saturated carbocycles. The van der Waals surface area contributed by atoms with Gasteiger partial charge in [0.05, 0.1) is 13.2 Å². The van der Waals surface area contributed by atoms with Crippen LogP contribution in [0.5, 0.6) is 0 Å². The van der Waals surface area contributed by atoms with Gasteiger partial charge in [0.2, 0.25) is 11.8 Å². The minimum Gasteiger partial charge on any atom is -0.419 e. The van der Waals surface area contributed by atoms with Gasteiger partial charge < -0.3 is 9.52 Å². The van der Waals surface area contributed by atoms with Crippen LogP contribution in [0.15, 0.2) is 34.7 Å². The molecule has 0 aliphatic heterocycles. The lowest BCUT2D eigenvalue weighted by atomic mass is 10.2. The van der Waals surface area contributed by atoms with Gasteiger partial charge in [0.1, 0.15) is 0 Å². The number of hydrogen-bond acceptors (Lipinski definition) is 5. The number of aromatic nitrogens is 2. The fraction of sp³-hybridized carbons (Fsp3) is 0.467. The second-order valence-electron chi connectivity index (χ2n) is 4.72. The molecule has 0 atom stereocenters. The van der Waals surface area contributed by atoms with Gasteiger partial charge in [0.25, 0.3) is 0 Å². The van der Waals surface area contributed by atoms with Gasteiger partial charge in [-0.25, -0.2) is 0 Å². The van der Waals surface area contributed by atoms with Crippen molar-refractivity contribution in [3.63, 3.8) is 0 Å². The van der Waals surface area contributed by atoms with E-state index in [4.69, 9.17) is 9.52 Å². The van der Waals surface area contributed by atoms with E-state index in [-0.39, 0.29) is 6.61 Å². The molecule has 0 fully saturated rings. The summed E-state index contributed by atoms with van der Waals surface area (Å²) in [7, 11) is 0. The van der Waals surface area contributed by atoms with E-state index in [0.29, 0.717) is 24.9 Å². The molecule has 1 N–H and O–H groups in total. The molecule has 0 saturated heterocycles. The first-order chi connectivity index (χ1) is 9.83. The van der Waals surface area contributed by atoms with Crippen molar-refractivity contribution in [2.75, 3.05) is 19.7 Å². The third kappa shape index (κ3) is 4.15. The van der Waals surface area contributed by atoms with Crippen LogP contribution >= 0.6 is 0 Å². The first kappa shape index (κ1) is 14.7. The summed E-state index contributed by atoms with van der Waals surface area (Å²) in [5.41, 5.74) is 0.925. The highest BCUT2D eigenvalue weighted by Gasteiger charge is 2.12. The Bertz CT molecular complexity index is 499. The van der Waals surface area contributed by atoms with E-state index < -0.39 is 0 Å². The summed E-state index contributed by atoms with van der Waals surface area (Å²) in [5.74, 6) is 1.13. The summed E-state index contributed by atoms with van der Waals surface area (Å²) in [5, 5.41) is 17.2. The SMILES string of the molecule is CCCCN(CCO)Cc1nnc(-c2ccccc2)o1. The van der Waals surface area contributed by atoms with Gasteiger partial charge in [-0.1, -0.05) is 31.5 Å². The van der Waals surface area contributed by atoms with E-state index in [1.54, 1.807) is 0 Å². The van der Waals surface area contributed by atoms with Gasteiger partial charge in [0, 0.05) is 12.1 Å². The van der Waals surface area contributed by atoms with Gasteiger partial charge in [-0.15, -0.1) is 10.2 Å². The third-order valence-corrected chi connectivity index (χ3v) is 3.09. The smallest absolute Gasteiger partial charge is 0.247 e. The molecule has 0 spiro atoms. The molecule has 0 bridgehead atoms. The molecule has 1 aromatic heterocycles. The Morgan fingerprint density at radius 1 is 1.15 bits per heavy atom. The Balaban J connectivity index is 2.00. The summed E-state index contributed by atoms with van der Waals surface area (Å²) < 4.78 is 5.68. The normalized spacial score (nSPS) is 11.2. The van der Waals surface area contributed by atoms with Crippen molar-refractivity contribution < 1.29 is 9.52 Å². The Labute approximate surface area is 119 Å². The molecule has 2 aromatic rings. The van der Waals surface area contributed by atoms with Gasteiger partial charge >= 0.3 is 0 Å². The van der Waals surface area contributed by atoms with E-state index in [1.165, 1.54) is 0 Å². The molecular formula is C15H21N3O2. The number of unbranched alkanes of at least 4 members (excludes halogenated alkanes) is 1. The van der Waals surface area contributed by atoms with Crippen LogP contribution in [-0.2, 0) is 6.54 Å². The Hall–Kier alpha value is -1.72. The second kappa shape index (κ2) is 7.77. The molecule has 5 nitrogen and oxygen atoms in total. The number of benzene rings is 1. The summed E-state index contributed by atoms with van der Waals surface area (Å²) in [4.78, 5) is 2.13. The van der Waals surface area contributed by atoms with Crippen LogP contribution in [0.2, 0.25) is 0 Å². The summed E-state index contributed by atoms with van der Waals surface area (Å²) in [6.07, 6.45) is 2.22. The molecule has 2 rings (SSSR count). The quantitative estimate of drug-likeness (QED) is 0.801. The monoisotopic (exact) mass is 275 g/mol. The third-order valence-electron chi connectivity index (χ3n) is 3.09. The molecule has 0 aliphatic rings. The zero-order valence-corrected chi connectivity index (χ0v) is 11.8. The fourth-order valence-corrected chi connectivity index (χ4v) is 2.00. The van der Waals surface area contributed by atoms with Gasteiger partial charge in [-0.3, -0.25) is 4.90 Å². The van der Waals surface area contributed by atoms with Crippen molar-refractivity contribution in [1.29, 1.82) is 0 Å². The van der Waals surface area contributed by atoms with Crippen molar-refractivity contribution in [2.24, 2.45) is 0 Å². The topological polar surface area (TPSA) is 62.4 Å². The molecule has 0 amide bonds. The highest BCUT2D eigenvalue weighted by Crippen LogP contribution is 2.17. The maximum absolute atomic E-state index is 9.09. The first-order valence-corrected chi connectivity index (χ1v) is 7.04. The standard InChI is InChI=1S/C15H21N3O2/c1-2-3-9-18(10-11-19)12-14-16-17-15(20-14)13-7-5-4-6-8-13/h4-8,19H,2-3,9-12H2,1H3. The molecule has 1 heterocycles. The summed E-state index contributed by atoms with van der Waals surface area (Å²) in [6, 6.07) is 9.73. The lowest BCUT2D eigenvalue weighted by molar-refractivity contribution is 0.177. The zero-order valence-electron chi connectivity index (χ0n) is 11.8. The van der Waals surface area contributed by atoms with Crippen molar-refractivity contribution in [1.82, 2.24) is 15.1 Å². The van der Waals surface area contributed by atoms with Crippen molar-refractivity contribution in [3.05, 3.63) is 36.2 Å². The van der Waals surface area contributed by atoms with Crippen molar-refractivity contribution in [2.45, 2.75) is 26.3 Å². The van der Waals surface area contributed by atoms with Crippen LogP contribution in [-0.4, -0.2) is 39.9 Å². The van der Waals surface area contributed by atoms with E-state index in [2.05, 4.69) is 22.0 Å². The lowest BCUT2D eigenvalue weighted by Crippen LogP contribution is -2.27. The van der Waals surface area contributed by atoms with Gasteiger partial charge in [-0.05, 0) is 25.1 Å². The maximum Gasteiger partial charge on any atom is 0.247 e. The Morgan fingerprint density at radius 2 is 1.95 bits per heavy atom. The molecule has 0 aliphatic carbocycles. The van der Waals surface area contributed by atoms with Crippen molar-refractivity contribution >= 4 is 0 Å². The zero-order chi connectivity index (χ0) is 14.2. The van der Waals surface area contributed by atoms with Crippen molar-refractivity contribution in [3.8, 4) is 11.5 Å². The molecule has 20 heavy (non-hydrogen) atoms. The van der Waals surface area contributed by atoms with Gasteiger partial charge in [-0.2, -0.15) is 0 Å². The van der Waals surface area contributed by atoms with Gasteiger partial charge in [0.15, 0.2) is 0 Å². The first-order valence-electron chi connectivity index (χ1n) is 7.04. The van der Waals surface area contributed by atoms with E-state index >= 15 is 0 Å². The van der Waals surface area contributed by atoms with Crippen LogP contribution in [0.1, 0.15) is 25.7 Å². The van der Waals surface area contributed by atoms with Crippen LogP contribution in [0.4, 0.5) is 0 Å². The molecule has 108 valence electrons. The number of nitrogens with zero attached hydrogens (tertiary/aromatic N) is 3. The largest absolute Gasteiger partial charge is 0.419 e. The number of aliphatic hydroxyl groups is 1. The molecule has 0 radical (unpaired) electrons. The highest BCUT2D eigenvalue weighted by atomic mass is 16.4. The van der Waals surface area contributed by atoms with Crippen LogP contribution in [0.25, 0.3) is 11.5 Å². The lowest BCUT2D eigenvalue weighted by Gasteiger charge is -2.18. The number of rotatable bonds is 8. The molecule has 5 heteroatoms. The Morgan fingerprint density at radius 3 is 2.65 bits per heavy atom.